The monoisotopic (exact) mass is 987 g/mol. The van der Waals surface area contributed by atoms with E-state index in [0.29, 0.717) is 34.6 Å². The van der Waals surface area contributed by atoms with Crippen LogP contribution >= 0.6 is 0 Å². The number of pyridine rings is 2. The number of ether oxygens (including phenoxy) is 1. The standard InChI is InChI=1S/C52H58F2N2OSi.Pt/c1-33(2)45-15-14-16-46(34(3)4)49(45)35-21-23-55-47(29-35)36-25-40(50(5,6)7)30-42(27-36)57-43-28-37(26-41(31-43)51(8,9)10)48-32-39(22-24-56-48)52(53,54)38-17-19-44(20-18-38)58(11,12)13;/h14-26,29-34H,1-13H3;/q-2;+2. The van der Waals surface area contributed by atoms with Crippen LogP contribution in [0.4, 0.5) is 8.78 Å². The molecule has 0 amide bonds. The maximum atomic E-state index is 16.1. The van der Waals surface area contributed by atoms with Gasteiger partial charge in [0.25, 0.3) is 5.92 Å². The third-order valence-electron chi connectivity index (χ3n) is 10.8. The Kier molecular flexibility index (Phi) is 13.5. The van der Waals surface area contributed by atoms with Crippen LogP contribution in [0.2, 0.25) is 19.6 Å². The number of hydrogen-bond donors (Lipinski definition) is 0. The van der Waals surface area contributed by atoms with Crippen molar-refractivity contribution >= 4 is 13.3 Å². The summed E-state index contributed by atoms with van der Waals surface area (Å²) in [5.41, 5.74) is 8.95. The molecule has 2 heterocycles. The number of aromatic nitrogens is 2. The molecular formula is C52H58F2N2OPtSi. The molecule has 59 heavy (non-hydrogen) atoms. The van der Waals surface area contributed by atoms with E-state index in [1.807, 2.05) is 36.5 Å². The van der Waals surface area contributed by atoms with Crippen LogP contribution in [0.5, 0.6) is 11.5 Å². The van der Waals surface area contributed by atoms with Gasteiger partial charge in [0.2, 0.25) is 0 Å². The van der Waals surface area contributed by atoms with Crippen molar-refractivity contribution in [2.24, 2.45) is 0 Å². The van der Waals surface area contributed by atoms with E-state index in [9.17, 15) is 0 Å². The predicted molar refractivity (Wildman–Crippen MR) is 241 cm³/mol. The van der Waals surface area contributed by atoms with Gasteiger partial charge in [-0.3, -0.25) is 0 Å². The predicted octanol–water partition coefficient (Wildman–Crippen LogP) is 14.4. The first-order chi connectivity index (χ1) is 27.0. The van der Waals surface area contributed by atoms with Crippen molar-refractivity contribution < 1.29 is 34.6 Å². The number of alkyl halides is 2. The molecule has 0 aliphatic rings. The summed E-state index contributed by atoms with van der Waals surface area (Å²) < 4.78 is 38.9. The second-order valence-electron chi connectivity index (χ2n) is 19.3. The molecule has 2 aromatic heterocycles. The first kappa shape index (κ1) is 45.8. The van der Waals surface area contributed by atoms with Crippen LogP contribution in [-0.2, 0) is 37.8 Å². The Balaban J connectivity index is 0.00000661. The van der Waals surface area contributed by atoms with Gasteiger partial charge in [-0.05, 0) is 68.4 Å². The van der Waals surface area contributed by atoms with Crippen LogP contribution in [0.15, 0.2) is 103 Å². The van der Waals surface area contributed by atoms with E-state index in [0.717, 1.165) is 33.1 Å². The third-order valence-corrected chi connectivity index (χ3v) is 12.9. The van der Waals surface area contributed by atoms with Crippen molar-refractivity contribution in [2.45, 2.75) is 117 Å². The van der Waals surface area contributed by atoms with E-state index >= 15 is 8.78 Å². The van der Waals surface area contributed by atoms with Gasteiger partial charge in [0, 0.05) is 35.0 Å². The fourth-order valence-corrected chi connectivity index (χ4v) is 8.36. The number of rotatable bonds is 10. The Hall–Kier alpha value is -4.25. The van der Waals surface area contributed by atoms with Crippen molar-refractivity contribution in [3.8, 4) is 45.1 Å². The zero-order chi connectivity index (χ0) is 42.4. The summed E-state index contributed by atoms with van der Waals surface area (Å²) >= 11 is 0. The van der Waals surface area contributed by atoms with Crippen molar-refractivity contribution in [2.75, 3.05) is 0 Å². The topological polar surface area (TPSA) is 35.0 Å². The van der Waals surface area contributed by atoms with E-state index in [4.69, 9.17) is 9.72 Å². The van der Waals surface area contributed by atoms with E-state index in [-0.39, 0.29) is 43.0 Å². The minimum atomic E-state index is -3.21. The average Bonchev–Trinajstić information content (AvgIpc) is 3.16. The smallest absolute Gasteiger partial charge is 0.497 e. The normalized spacial score (nSPS) is 12.5. The summed E-state index contributed by atoms with van der Waals surface area (Å²) in [5, 5.41) is 1.14. The molecule has 6 rings (SSSR count). The molecule has 7 heteroatoms. The summed E-state index contributed by atoms with van der Waals surface area (Å²) in [6.45, 7) is 28.4. The van der Waals surface area contributed by atoms with Gasteiger partial charge >= 0.3 is 21.1 Å². The van der Waals surface area contributed by atoms with Gasteiger partial charge in [-0.2, -0.15) is 8.78 Å². The summed E-state index contributed by atoms with van der Waals surface area (Å²) in [5.74, 6) is -1.54. The Morgan fingerprint density at radius 1 is 0.576 bits per heavy atom. The molecule has 0 aliphatic heterocycles. The zero-order valence-corrected chi connectivity index (χ0v) is 40.1. The third kappa shape index (κ3) is 10.4. The van der Waals surface area contributed by atoms with Crippen LogP contribution in [0.1, 0.15) is 114 Å². The Labute approximate surface area is 367 Å². The number of halogens is 2. The maximum Gasteiger partial charge on any atom is 2.00 e. The summed E-state index contributed by atoms with van der Waals surface area (Å²) in [6, 6.07) is 35.6. The molecule has 0 spiro atoms. The van der Waals surface area contributed by atoms with E-state index in [1.165, 1.54) is 35.0 Å². The molecule has 3 nitrogen and oxygen atoms in total. The molecule has 0 saturated heterocycles. The molecule has 0 N–H and O–H groups in total. The second-order valence-corrected chi connectivity index (χ2v) is 24.4. The van der Waals surface area contributed by atoms with Crippen LogP contribution in [-0.4, -0.2) is 18.0 Å². The molecule has 0 atom stereocenters. The summed E-state index contributed by atoms with van der Waals surface area (Å²) in [4.78, 5) is 9.43. The van der Waals surface area contributed by atoms with Gasteiger partial charge in [-0.15, -0.1) is 34.4 Å². The summed E-state index contributed by atoms with van der Waals surface area (Å²) in [7, 11) is -1.64. The second kappa shape index (κ2) is 17.4. The molecule has 0 aliphatic carbocycles. The van der Waals surface area contributed by atoms with Gasteiger partial charge in [-0.25, -0.2) is 0 Å². The molecule has 0 saturated carbocycles. The maximum absolute atomic E-state index is 16.1. The van der Waals surface area contributed by atoms with Gasteiger partial charge in [0.1, 0.15) is 0 Å². The van der Waals surface area contributed by atoms with Crippen molar-refractivity contribution in [3.05, 3.63) is 149 Å². The van der Waals surface area contributed by atoms with Crippen LogP contribution in [0, 0.1) is 12.1 Å². The average molecular weight is 988 g/mol. The number of hydrogen-bond acceptors (Lipinski definition) is 3. The fraction of sp³-hybridized carbons (Fsp3) is 0.346. The number of nitrogens with zero attached hydrogens (tertiary/aromatic N) is 2. The molecule has 4 aromatic carbocycles. The SMILES string of the molecule is CC(C)c1cccc(C(C)C)c1-c1ccnc(-c2[c-]c(Oc3[c-]c(-c4cc(C(F)(F)c5ccc([Si](C)(C)C)cc5)ccn4)cc(C(C)(C)C)c3)cc(C(C)(C)C)c2)c1.[Pt+2]. The quantitative estimate of drug-likeness (QED) is 0.101. The van der Waals surface area contributed by atoms with Gasteiger partial charge < -0.3 is 14.7 Å². The van der Waals surface area contributed by atoms with E-state index in [1.54, 1.807) is 12.1 Å². The van der Waals surface area contributed by atoms with Crippen LogP contribution in [0.3, 0.4) is 0 Å². The minimum Gasteiger partial charge on any atom is -0.497 e. The van der Waals surface area contributed by atoms with Gasteiger partial charge in [-0.1, -0.05) is 173 Å². The van der Waals surface area contributed by atoms with Gasteiger partial charge in [0.05, 0.1) is 8.07 Å². The molecule has 0 bridgehead atoms. The molecule has 6 aromatic rings. The first-order valence-corrected chi connectivity index (χ1v) is 23.9. The van der Waals surface area contributed by atoms with Crippen molar-refractivity contribution in [3.63, 3.8) is 0 Å². The van der Waals surface area contributed by atoms with Crippen LogP contribution < -0.4 is 9.92 Å². The molecular weight excluding hydrogens is 930 g/mol. The number of benzene rings is 4. The largest absolute Gasteiger partial charge is 2.00 e. The van der Waals surface area contributed by atoms with Gasteiger partial charge in [0.15, 0.2) is 0 Å². The van der Waals surface area contributed by atoms with Crippen LogP contribution in [0.25, 0.3) is 33.6 Å². The minimum absolute atomic E-state index is 0. The zero-order valence-electron chi connectivity index (χ0n) is 36.8. The Bertz CT molecular complexity index is 2390. The molecule has 0 fully saturated rings. The Morgan fingerprint density at radius 3 is 1.51 bits per heavy atom. The molecule has 310 valence electrons. The van der Waals surface area contributed by atoms with E-state index in [2.05, 4.69) is 142 Å². The van der Waals surface area contributed by atoms with Crippen molar-refractivity contribution in [1.82, 2.24) is 9.97 Å². The molecule has 0 unspecified atom stereocenters. The van der Waals surface area contributed by atoms with Crippen molar-refractivity contribution in [1.29, 1.82) is 0 Å². The van der Waals surface area contributed by atoms with E-state index < -0.39 is 14.0 Å². The Morgan fingerprint density at radius 2 is 1.05 bits per heavy atom. The molecule has 0 radical (unpaired) electrons. The summed E-state index contributed by atoms with van der Waals surface area (Å²) in [6.07, 6.45) is 3.33. The first-order valence-electron chi connectivity index (χ1n) is 20.4. The fourth-order valence-electron chi connectivity index (χ4n) is 7.19.